The van der Waals surface area contributed by atoms with Gasteiger partial charge in [-0.05, 0) is 60.7 Å². The number of ether oxygens (including phenoxy) is 2. The van der Waals surface area contributed by atoms with Crippen molar-refractivity contribution in [2.24, 2.45) is 0 Å². The molecule has 0 radical (unpaired) electrons. The molecule has 10 heteroatoms. The van der Waals surface area contributed by atoms with Crippen LogP contribution < -0.4 is 20.2 Å². The van der Waals surface area contributed by atoms with Crippen LogP contribution in [0, 0.1) is 13.8 Å². The van der Waals surface area contributed by atoms with E-state index in [2.05, 4.69) is 5.32 Å². The van der Waals surface area contributed by atoms with Crippen molar-refractivity contribution in [2.75, 3.05) is 11.9 Å². The average molecular weight is 568 g/mol. The van der Waals surface area contributed by atoms with Crippen molar-refractivity contribution >= 4 is 44.9 Å². The first-order valence-electron chi connectivity index (χ1n) is 12.0. The number of benzene rings is 4. The Bertz CT molecular complexity index is 1800. The van der Waals surface area contributed by atoms with E-state index in [0.29, 0.717) is 21.8 Å². The number of nitrogens with one attached hydrogen (secondary N) is 1. The third kappa shape index (κ3) is 5.46. The second kappa shape index (κ2) is 10.6. The summed E-state index contributed by atoms with van der Waals surface area (Å²) < 4.78 is 57.8. The van der Waals surface area contributed by atoms with Crippen LogP contribution in [0.5, 0.6) is 17.2 Å². The van der Waals surface area contributed by atoms with Crippen LogP contribution in [-0.2, 0) is 11.0 Å². The van der Waals surface area contributed by atoms with Crippen molar-refractivity contribution in [1.29, 1.82) is 0 Å². The number of carbonyl (C=O) groups excluding carboxylic acids is 1. The summed E-state index contributed by atoms with van der Waals surface area (Å²) in [6.45, 7) is 2.90. The van der Waals surface area contributed by atoms with Crippen LogP contribution in [0.2, 0.25) is 5.02 Å². The normalized spacial score (nSPS) is 11.6. The van der Waals surface area contributed by atoms with Gasteiger partial charge in [0, 0.05) is 22.2 Å². The Morgan fingerprint density at radius 1 is 0.925 bits per heavy atom. The van der Waals surface area contributed by atoms with E-state index in [-0.39, 0.29) is 22.5 Å². The lowest BCUT2D eigenvalue weighted by Crippen LogP contribution is -2.20. The fraction of sp³-hybridized carbons (Fsp3) is 0.133. The predicted molar refractivity (Wildman–Crippen MR) is 147 cm³/mol. The van der Waals surface area contributed by atoms with E-state index in [0.717, 1.165) is 16.8 Å². The van der Waals surface area contributed by atoms with E-state index in [1.54, 1.807) is 26.0 Å². The van der Waals surface area contributed by atoms with E-state index in [9.17, 15) is 22.8 Å². The minimum Gasteiger partial charge on any atom is -0.484 e. The number of hydrogen-bond donors (Lipinski definition) is 1. The number of fused-ring (bicyclic) bond motifs is 2. The Labute approximate surface area is 230 Å². The van der Waals surface area contributed by atoms with Gasteiger partial charge in [0.15, 0.2) is 6.61 Å². The molecule has 0 saturated heterocycles. The van der Waals surface area contributed by atoms with Crippen molar-refractivity contribution in [3.63, 3.8) is 0 Å². The van der Waals surface area contributed by atoms with Crippen LogP contribution in [0.25, 0.3) is 21.7 Å². The summed E-state index contributed by atoms with van der Waals surface area (Å²) >= 11 is 6.14. The lowest BCUT2D eigenvalue weighted by atomic mass is 10.1. The monoisotopic (exact) mass is 567 g/mol. The molecule has 0 saturated carbocycles. The molecule has 0 aliphatic carbocycles. The van der Waals surface area contributed by atoms with Crippen molar-refractivity contribution in [3.8, 4) is 17.2 Å². The zero-order valence-corrected chi connectivity index (χ0v) is 21.9. The Morgan fingerprint density at radius 3 is 2.35 bits per heavy atom. The van der Waals surface area contributed by atoms with Gasteiger partial charge in [0.2, 0.25) is 11.2 Å². The number of alkyl halides is 3. The van der Waals surface area contributed by atoms with Gasteiger partial charge in [-0.15, -0.1) is 0 Å². The largest absolute Gasteiger partial charge is 0.484 e. The minimum absolute atomic E-state index is 0.00807. The molecular formula is C30H21ClF3NO5. The molecule has 5 aromatic rings. The van der Waals surface area contributed by atoms with Gasteiger partial charge in [-0.25, -0.2) is 0 Å². The summed E-state index contributed by atoms with van der Waals surface area (Å²) in [5.74, 6) is -3.03. The van der Waals surface area contributed by atoms with Crippen LogP contribution >= 0.6 is 11.6 Å². The number of rotatable bonds is 6. The van der Waals surface area contributed by atoms with Crippen molar-refractivity contribution < 1.29 is 31.9 Å². The molecule has 0 spiro atoms. The number of carbonyl (C=O) groups is 1. The quantitative estimate of drug-likeness (QED) is 0.225. The van der Waals surface area contributed by atoms with Crippen LogP contribution in [0.4, 0.5) is 18.9 Å². The molecule has 5 rings (SSSR count). The molecule has 4 aromatic carbocycles. The standard InChI is InChI=1S/C30H21ClF3NO5/c1-16-12-20(13-17(2)26(16)31)39-28-27(37)22-11-10-19(14-24(22)40-29(28)30(32,33)34)38-15-25(36)35-23-9-5-7-18-6-3-4-8-21(18)23/h3-14H,15H2,1-2H3,(H,35,36). The van der Waals surface area contributed by atoms with Gasteiger partial charge in [-0.2, -0.15) is 13.2 Å². The molecule has 0 aliphatic heterocycles. The molecule has 1 amide bonds. The maximum absolute atomic E-state index is 13.9. The van der Waals surface area contributed by atoms with Crippen molar-refractivity contribution in [2.45, 2.75) is 20.0 Å². The maximum atomic E-state index is 13.9. The van der Waals surface area contributed by atoms with Gasteiger partial charge in [-0.1, -0.05) is 48.0 Å². The Kier molecular flexibility index (Phi) is 7.16. The zero-order chi connectivity index (χ0) is 28.6. The predicted octanol–water partition coefficient (Wildman–Crippen LogP) is 8.05. The number of hydrogen-bond acceptors (Lipinski definition) is 5. The first-order chi connectivity index (χ1) is 19.0. The summed E-state index contributed by atoms with van der Waals surface area (Å²) in [7, 11) is 0. The molecule has 0 aliphatic rings. The number of amides is 1. The minimum atomic E-state index is -5.03. The summed E-state index contributed by atoms with van der Waals surface area (Å²) in [5.41, 5.74) is 0.340. The summed E-state index contributed by atoms with van der Waals surface area (Å²) in [6, 6.07) is 19.6. The summed E-state index contributed by atoms with van der Waals surface area (Å²) in [4.78, 5) is 25.6. The third-order valence-electron chi connectivity index (χ3n) is 6.14. The van der Waals surface area contributed by atoms with E-state index >= 15 is 0 Å². The highest BCUT2D eigenvalue weighted by molar-refractivity contribution is 6.32. The highest BCUT2D eigenvalue weighted by Crippen LogP contribution is 2.39. The zero-order valence-electron chi connectivity index (χ0n) is 21.2. The topological polar surface area (TPSA) is 77.8 Å². The molecule has 1 aromatic heterocycles. The molecule has 0 atom stereocenters. The summed E-state index contributed by atoms with van der Waals surface area (Å²) in [6.07, 6.45) is -5.03. The van der Waals surface area contributed by atoms with Gasteiger partial charge >= 0.3 is 6.18 Å². The van der Waals surface area contributed by atoms with Crippen LogP contribution in [-0.4, -0.2) is 12.5 Å². The highest BCUT2D eigenvalue weighted by atomic mass is 35.5. The van der Waals surface area contributed by atoms with E-state index in [1.165, 1.54) is 24.3 Å². The highest BCUT2D eigenvalue weighted by Gasteiger charge is 2.40. The van der Waals surface area contributed by atoms with Gasteiger partial charge in [-0.3, -0.25) is 9.59 Å². The lowest BCUT2D eigenvalue weighted by Gasteiger charge is -2.15. The van der Waals surface area contributed by atoms with Crippen molar-refractivity contribution in [3.05, 3.63) is 105 Å². The molecule has 1 N–H and O–H groups in total. The van der Waals surface area contributed by atoms with E-state index in [1.807, 2.05) is 30.3 Å². The number of halogens is 4. The Balaban J connectivity index is 1.41. The maximum Gasteiger partial charge on any atom is 0.453 e. The molecule has 0 unspecified atom stereocenters. The molecule has 40 heavy (non-hydrogen) atoms. The van der Waals surface area contributed by atoms with Gasteiger partial charge in [0.05, 0.1) is 5.39 Å². The summed E-state index contributed by atoms with van der Waals surface area (Å²) in [5, 5.41) is 4.82. The first-order valence-corrected chi connectivity index (χ1v) is 12.4. The van der Waals surface area contributed by atoms with Gasteiger partial charge in [0.1, 0.15) is 17.1 Å². The van der Waals surface area contributed by atoms with E-state index in [4.69, 9.17) is 25.5 Å². The Hall–Kier alpha value is -4.50. The molecular weight excluding hydrogens is 547 g/mol. The number of anilines is 1. The number of aryl methyl sites for hydroxylation is 2. The van der Waals surface area contributed by atoms with Crippen molar-refractivity contribution in [1.82, 2.24) is 0 Å². The molecule has 204 valence electrons. The Morgan fingerprint density at radius 2 is 1.62 bits per heavy atom. The SMILES string of the molecule is Cc1cc(Oc2c(C(F)(F)F)oc3cc(OCC(=O)Nc4cccc5ccccc45)ccc3c2=O)cc(C)c1Cl. The van der Waals surface area contributed by atoms with Crippen LogP contribution in [0.15, 0.2) is 82.0 Å². The molecule has 0 bridgehead atoms. The third-order valence-corrected chi connectivity index (χ3v) is 6.74. The first kappa shape index (κ1) is 27.1. The van der Waals surface area contributed by atoms with Gasteiger partial charge in [0.25, 0.3) is 11.7 Å². The molecule has 6 nitrogen and oxygen atoms in total. The molecule has 1 heterocycles. The van der Waals surface area contributed by atoms with Gasteiger partial charge < -0.3 is 19.2 Å². The average Bonchev–Trinajstić information content (AvgIpc) is 2.91. The second-order valence-corrected chi connectivity index (χ2v) is 9.46. The fourth-order valence-corrected chi connectivity index (χ4v) is 4.39. The van der Waals surface area contributed by atoms with E-state index < -0.39 is 35.6 Å². The smallest absolute Gasteiger partial charge is 0.453 e. The van der Waals surface area contributed by atoms with Crippen LogP contribution in [0.1, 0.15) is 16.9 Å². The fourth-order valence-electron chi connectivity index (χ4n) is 4.28. The second-order valence-electron chi connectivity index (χ2n) is 9.08. The lowest BCUT2D eigenvalue weighted by molar-refractivity contribution is -0.154. The molecule has 0 fully saturated rings. The van der Waals surface area contributed by atoms with Crippen LogP contribution in [0.3, 0.4) is 0 Å².